The average Bonchev–Trinajstić information content (AvgIpc) is 2.55. The van der Waals surface area contributed by atoms with E-state index in [1.165, 1.54) is 24.8 Å². The van der Waals surface area contributed by atoms with Gasteiger partial charge in [-0.1, -0.05) is 50.6 Å². The van der Waals surface area contributed by atoms with E-state index in [1.54, 1.807) is 0 Å². The first-order valence-corrected chi connectivity index (χ1v) is 8.38. The van der Waals surface area contributed by atoms with Gasteiger partial charge in [0.25, 0.3) is 0 Å². The van der Waals surface area contributed by atoms with Crippen molar-refractivity contribution in [1.82, 2.24) is 10.2 Å². The van der Waals surface area contributed by atoms with Crippen LogP contribution < -0.4 is 5.32 Å². The van der Waals surface area contributed by atoms with Gasteiger partial charge in [-0.3, -0.25) is 0 Å². The number of likely N-dealkylation sites (N-methyl/N-ethyl adjacent to an activating group) is 1. The molecule has 118 valence electrons. The molecule has 2 atom stereocenters. The van der Waals surface area contributed by atoms with E-state index in [-0.39, 0.29) is 12.1 Å². The monoisotopic (exact) mass is 290 g/mol. The highest BCUT2D eigenvalue weighted by Crippen LogP contribution is 2.26. The maximum atomic E-state index is 10.1. The smallest absolute Gasteiger partial charge is 0.0797 e. The summed E-state index contributed by atoms with van der Waals surface area (Å²) in [6.07, 6.45) is 3.89. The number of aliphatic hydroxyl groups is 1. The zero-order valence-electron chi connectivity index (χ0n) is 13.5. The Hall–Kier alpha value is -0.900. The van der Waals surface area contributed by atoms with Crippen molar-refractivity contribution in [1.29, 1.82) is 0 Å². The standard InChI is InChI=1S/C18H30N2O/c1-3-16-9-8-12-20(13-16)14-18(15-21,19-4-2)17-10-6-5-7-11-17/h5-7,10-11,16,19,21H,3-4,8-9,12-15H2,1-2H3. The Morgan fingerprint density at radius 3 is 2.67 bits per heavy atom. The summed E-state index contributed by atoms with van der Waals surface area (Å²) in [4.78, 5) is 2.53. The van der Waals surface area contributed by atoms with Crippen LogP contribution in [0.25, 0.3) is 0 Å². The molecule has 2 N–H and O–H groups in total. The molecule has 0 spiro atoms. The largest absolute Gasteiger partial charge is 0.394 e. The molecule has 1 aromatic carbocycles. The third-order valence-corrected chi connectivity index (χ3v) is 4.79. The molecule has 1 fully saturated rings. The van der Waals surface area contributed by atoms with Crippen LogP contribution in [0.2, 0.25) is 0 Å². The highest BCUT2D eigenvalue weighted by atomic mass is 16.3. The van der Waals surface area contributed by atoms with E-state index in [0.717, 1.165) is 32.1 Å². The Kier molecular flexibility index (Phi) is 6.22. The molecule has 0 radical (unpaired) electrons. The van der Waals surface area contributed by atoms with Crippen molar-refractivity contribution >= 4 is 0 Å². The van der Waals surface area contributed by atoms with E-state index in [2.05, 4.69) is 48.3 Å². The molecule has 21 heavy (non-hydrogen) atoms. The van der Waals surface area contributed by atoms with Crippen LogP contribution in [0, 0.1) is 5.92 Å². The molecule has 0 aliphatic carbocycles. The lowest BCUT2D eigenvalue weighted by Crippen LogP contribution is -2.55. The van der Waals surface area contributed by atoms with Crippen molar-refractivity contribution in [2.45, 2.75) is 38.6 Å². The lowest BCUT2D eigenvalue weighted by molar-refractivity contribution is 0.0806. The Bertz CT molecular complexity index is 409. The highest BCUT2D eigenvalue weighted by molar-refractivity contribution is 5.25. The number of hydrogen-bond acceptors (Lipinski definition) is 3. The van der Waals surface area contributed by atoms with Crippen LogP contribution in [0.15, 0.2) is 30.3 Å². The summed E-state index contributed by atoms with van der Waals surface area (Å²) in [5.74, 6) is 0.813. The van der Waals surface area contributed by atoms with Gasteiger partial charge >= 0.3 is 0 Å². The molecule has 0 aromatic heterocycles. The molecule has 1 aliphatic heterocycles. The van der Waals surface area contributed by atoms with E-state index >= 15 is 0 Å². The molecular weight excluding hydrogens is 260 g/mol. The summed E-state index contributed by atoms with van der Waals surface area (Å²) in [5, 5.41) is 13.7. The van der Waals surface area contributed by atoms with Gasteiger partial charge < -0.3 is 15.3 Å². The Morgan fingerprint density at radius 1 is 1.29 bits per heavy atom. The first kappa shape index (κ1) is 16.5. The highest BCUT2D eigenvalue weighted by Gasteiger charge is 2.34. The molecule has 1 saturated heterocycles. The van der Waals surface area contributed by atoms with Gasteiger partial charge in [-0.25, -0.2) is 0 Å². The minimum Gasteiger partial charge on any atom is -0.394 e. The van der Waals surface area contributed by atoms with Crippen LogP contribution >= 0.6 is 0 Å². The van der Waals surface area contributed by atoms with E-state index in [4.69, 9.17) is 0 Å². The molecule has 2 unspecified atom stereocenters. The summed E-state index contributed by atoms with van der Waals surface area (Å²) in [7, 11) is 0. The molecule has 0 amide bonds. The number of nitrogens with one attached hydrogen (secondary N) is 1. The van der Waals surface area contributed by atoms with Gasteiger partial charge in [0.2, 0.25) is 0 Å². The third-order valence-electron chi connectivity index (χ3n) is 4.79. The predicted octanol–water partition coefficient (Wildman–Crippen LogP) is 2.61. The zero-order valence-corrected chi connectivity index (χ0v) is 13.5. The molecule has 1 aromatic rings. The average molecular weight is 290 g/mol. The first-order chi connectivity index (χ1) is 10.2. The summed E-state index contributed by atoms with van der Waals surface area (Å²) in [5.41, 5.74) is 0.846. The summed E-state index contributed by atoms with van der Waals surface area (Å²) in [6, 6.07) is 10.4. The lowest BCUT2D eigenvalue weighted by atomic mass is 9.87. The van der Waals surface area contributed by atoms with Gasteiger partial charge in [0.1, 0.15) is 0 Å². The normalized spacial score (nSPS) is 22.9. The van der Waals surface area contributed by atoms with Crippen LogP contribution in [0.5, 0.6) is 0 Å². The van der Waals surface area contributed by atoms with E-state index in [9.17, 15) is 5.11 Å². The SMILES string of the molecule is CCNC(CO)(CN1CCCC(CC)C1)c1ccccc1. The Labute approximate surface area is 129 Å². The fourth-order valence-corrected chi connectivity index (χ4v) is 3.55. The number of nitrogens with zero attached hydrogens (tertiary/aromatic N) is 1. The van der Waals surface area contributed by atoms with Crippen molar-refractivity contribution in [3.05, 3.63) is 35.9 Å². The zero-order chi connectivity index (χ0) is 15.1. The van der Waals surface area contributed by atoms with E-state index in [0.29, 0.717) is 0 Å². The van der Waals surface area contributed by atoms with Gasteiger partial charge in [0.05, 0.1) is 12.1 Å². The minimum absolute atomic E-state index is 0.137. The second kappa shape index (κ2) is 7.92. The van der Waals surface area contributed by atoms with Gasteiger partial charge in [-0.2, -0.15) is 0 Å². The Balaban J connectivity index is 2.16. The number of benzene rings is 1. The number of hydrogen-bond donors (Lipinski definition) is 2. The van der Waals surface area contributed by atoms with Crippen LogP contribution in [0.4, 0.5) is 0 Å². The summed E-state index contributed by atoms with van der Waals surface area (Å²) in [6.45, 7) is 8.59. The number of likely N-dealkylation sites (tertiary alicyclic amines) is 1. The first-order valence-electron chi connectivity index (χ1n) is 8.38. The summed E-state index contributed by atoms with van der Waals surface area (Å²) >= 11 is 0. The number of rotatable bonds is 7. The van der Waals surface area contributed by atoms with Gasteiger partial charge in [-0.05, 0) is 37.4 Å². The predicted molar refractivity (Wildman–Crippen MR) is 88.3 cm³/mol. The van der Waals surface area contributed by atoms with Crippen LogP contribution in [0.1, 0.15) is 38.7 Å². The van der Waals surface area contributed by atoms with Gasteiger partial charge in [-0.15, -0.1) is 0 Å². The molecule has 2 rings (SSSR count). The van der Waals surface area contributed by atoms with Crippen molar-refractivity contribution < 1.29 is 5.11 Å². The van der Waals surface area contributed by atoms with Crippen LogP contribution in [-0.4, -0.2) is 42.8 Å². The topological polar surface area (TPSA) is 35.5 Å². The van der Waals surface area contributed by atoms with Crippen molar-refractivity contribution in [3.8, 4) is 0 Å². The molecule has 0 saturated carbocycles. The quantitative estimate of drug-likeness (QED) is 0.810. The molecular formula is C18H30N2O. The molecule has 1 aliphatic rings. The second-order valence-electron chi connectivity index (χ2n) is 6.29. The molecule has 0 bridgehead atoms. The van der Waals surface area contributed by atoms with Crippen LogP contribution in [0.3, 0.4) is 0 Å². The number of piperidine rings is 1. The Morgan fingerprint density at radius 2 is 2.05 bits per heavy atom. The number of aliphatic hydroxyl groups excluding tert-OH is 1. The fraction of sp³-hybridized carbons (Fsp3) is 0.667. The fourth-order valence-electron chi connectivity index (χ4n) is 3.55. The molecule has 1 heterocycles. The van der Waals surface area contributed by atoms with Crippen molar-refractivity contribution in [2.75, 3.05) is 32.8 Å². The summed E-state index contributed by atoms with van der Waals surface area (Å²) < 4.78 is 0. The van der Waals surface area contributed by atoms with E-state index in [1.807, 2.05) is 6.07 Å². The van der Waals surface area contributed by atoms with Crippen molar-refractivity contribution in [2.24, 2.45) is 5.92 Å². The maximum Gasteiger partial charge on any atom is 0.0797 e. The molecule has 3 nitrogen and oxygen atoms in total. The van der Waals surface area contributed by atoms with Gasteiger partial charge in [0.15, 0.2) is 0 Å². The minimum atomic E-state index is -0.342. The lowest BCUT2D eigenvalue weighted by Gasteiger charge is -2.41. The van der Waals surface area contributed by atoms with E-state index < -0.39 is 0 Å². The van der Waals surface area contributed by atoms with Crippen molar-refractivity contribution in [3.63, 3.8) is 0 Å². The maximum absolute atomic E-state index is 10.1. The third kappa shape index (κ3) is 4.06. The van der Waals surface area contributed by atoms with Gasteiger partial charge in [0, 0.05) is 13.1 Å². The second-order valence-corrected chi connectivity index (χ2v) is 6.29. The van der Waals surface area contributed by atoms with Crippen LogP contribution in [-0.2, 0) is 5.54 Å². The molecule has 3 heteroatoms.